The Kier molecular flexibility index (Phi) is 13.8. The van der Waals surface area contributed by atoms with E-state index in [0.29, 0.717) is 0 Å². The highest BCUT2D eigenvalue weighted by Crippen LogP contribution is 2.37. The van der Waals surface area contributed by atoms with Gasteiger partial charge in [-0.15, -0.1) is 0 Å². The highest BCUT2D eigenvalue weighted by molar-refractivity contribution is 8.11. The Balaban J connectivity index is 1.17. The molecule has 0 aromatic heterocycles. The third-order valence-electron chi connectivity index (χ3n) is 5.29. The van der Waals surface area contributed by atoms with Crippen molar-refractivity contribution < 1.29 is 0 Å². The average Bonchev–Trinajstić information content (AvgIpc) is 2.59. The Morgan fingerprint density at radius 2 is 0.867 bits per heavy atom. The van der Waals surface area contributed by atoms with Gasteiger partial charge in [-0.3, -0.25) is 0 Å². The van der Waals surface area contributed by atoms with Crippen LogP contribution in [0.5, 0.6) is 0 Å². The van der Waals surface area contributed by atoms with E-state index < -0.39 is 0 Å². The molecule has 0 spiro atoms. The Morgan fingerprint density at radius 1 is 0.467 bits per heavy atom. The lowest BCUT2D eigenvalue weighted by molar-refractivity contribution is 1.04. The third kappa shape index (κ3) is 9.87. The fraction of sp³-hybridized carbons (Fsp3) is 1.00. The molecule has 0 N–H and O–H groups in total. The van der Waals surface area contributed by atoms with Crippen LogP contribution in [0.4, 0.5) is 0 Å². The molecule has 1 atom stereocenters. The summed E-state index contributed by atoms with van der Waals surface area (Å²) in [6.45, 7) is 0. The maximum absolute atomic E-state index is 2.34. The average molecular weight is 595 g/mol. The van der Waals surface area contributed by atoms with Gasteiger partial charge in [0.25, 0.3) is 0 Å². The number of hydrogen-bond acceptors (Lipinski definition) is 10. The molecule has 4 saturated heterocycles. The van der Waals surface area contributed by atoms with Crippen molar-refractivity contribution in [2.75, 3.05) is 80.5 Å². The molecule has 0 nitrogen and oxygen atoms in total. The number of rotatable bonds is 17. The molecule has 1 unspecified atom stereocenters. The summed E-state index contributed by atoms with van der Waals surface area (Å²) in [5, 5.41) is 5.57. The van der Waals surface area contributed by atoms with Crippen LogP contribution in [0, 0.1) is 0 Å². The molecule has 4 rings (SSSR count). The minimum Gasteiger partial charge on any atom is -0.160 e. The van der Waals surface area contributed by atoms with Gasteiger partial charge in [0.15, 0.2) is 0 Å². The van der Waals surface area contributed by atoms with Crippen molar-refractivity contribution in [3.63, 3.8) is 0 Å². The van der Waals surface area contributed by atoms with Crippen molar-refractivity contribution in [2.24, 2.45) is 0 Å². The van der Waals surface area contributed by atoms with E-state index >= 15 is 0 Å². The van der Waals surface area contributed by atoms with Gasteiger partial charge in [0.05, 0.1) is 0 Å². The summed E-state index contributed by atoms with van der Waals surface area (Å²) in [6.07, 6.45) is 0. The van der Waals surface area contributed by atoms with Crippen molar-refractivity contribution in [3.05, 3.63) is 0 Å². The first kappa shape index (κ1) is 26.6. The Morgan fingerprint density at radius 3 is 1.27 bits per heavy atom. The monoisotopic (exact) mass is 594 g/mol. The van der Waals surface area contributed by atoms with Crippen LogP contribution >= 0.6 is 118 Å². The van der Waals surface area contributed by atoms with Crippen molar-refractivity contribution in [1.29, 1.82) is 0 Å². The number of hydrogen-bond donors (Lipinski definition) is 0. The standard InChI is InChI=1S/C20H34S10/c1(25-15-3-21-4-15)2-26-19(11-27-16-5-22-6-16)12-30-20(13-28-17-7-23-8-17)14-29-18-9-24-10-18/h15-20H,1-14H2. The van der Waals surface area contributed by atoms with E-state index in [9.17, 15) is 0 Å². The molecule has 0 aliphatic carbocycles. The first-order chi connectivity index (χ1) is 14.8. The van der Waals surface area contributed by atoms with Crippen molar-refractivity contribution in [3.8, 4) is 0 Å². The van der Waals surface area contributed by atoms with E-state index in [1.807, 2.05) is 0 Å². The molecule has 4 fully saturated rings. The van der Waals surface area contributed by atoms with Crippen LogP contribution in [0.25, 0.3) is 0 Å². The van der Waals surface area contributed by atoms with E-state index in [2.05, 4.69) is 118 Å². The maximum atomic E-state index is 2.34. The van der Waals surface area contributed by atoms with Crippen LogP contribution in [0.2, 0.25) is 0 Å². The molecule has 4 aliphatic rings. The highest BCUT2D eigenvalue weighted by Gasteiger charge is 2.26. The summed E-state index contributed by atoms with van der Waals surface area (Å²) in [5.74, 6) is 19.5. The molecule has 0 amide bonds. The molecule has 0 bridgehead atoms. The van der Waals surface area contributed by atoms with Gasteiger partial charge in [-0.05, 0) is 0 Å². The predicted octanol–water partition coefficient (Wildman–Crippen LogP) is 6.58. The van der Waals surface area contributed by atoms with E-state index in [4.69, 9.17) is 0 Å². The van der Waals surface area contributed by atoms with Crippen LogP contribution < -0.4 is 0 Å². The Labute approximate surface area is 227 Å². The van der Waals surface area contributed by atoms with Crippen LogP contribution in [-0.4, -0.2) is 112 Å². The molecule has 4 aliphatic heterocycles. The van der Waals surface area contributed by atoms with Crippen molar-refractivity contribution in [2.45, 2.75) is 31.5 Å². The van der Waals surface area contributed by atoms with Gasteiger partial charge in [0.1, 0.15) is 0 Å². The first-order valence-corrected chi connectivity index (χ1v) is 21.8. The quantitative estimate of drug-likeness (QED) is 0.169. The van der Waals surface area contributed by atoms with Crippen LogP contribution in [0.1, 0.15) is 0 Å². The highest BCUT2D eigenvalue weighted by atomic mass is 32.2. The minimum atomic E-state index is 0.859. The molecule has 0 aromatic rings. The molecular formula is C20H34S10. The van der Waals surface area contributed by atoms with E-state index in [0.717, 1.165) is 31.5 Å². The Hall–Kier alpha value is 3.50. The summed E-state index contributed by atoms with van der Waals surface area (Å²) >= 11 is 22.3. The number of thioether (sulfide) groups is 10. The predicted molar refractivity (Wildman–Crippen MR) is 167 cm³/mol. The molecule has 10 heteroatoms. The zero-order valence-electron chi connectivity index (χ0n) is 17.4. The first-order valence-electron chi connectivity index (χ1n) is 10.9. The lowest BCUT2D eigenvalue weighted by atomic mass is 10.5. The summed E-state index contributed by atoms with van der Waals surface area (Å²) in [5.41, 5.74) is 0. The third-order valence-corrected chi connectivity index (χ3v) is 21.3. The molecular weight excluding hydrogens is 561 g/mol. The van der Waals surface area contributed by atoms with Crippen LogP contribution in [-0.2, 0) is 0 Å². The topological polar surface area (TPSA) is 0 Å². The van der Waals surface area contributed by atoms with Gasteiger partial charge in [-0.2, -0.15) is 118 Å². The molecule has 0 radical (unpaired) electrons. The lowest BCUT2D eigenvalue weighted by Gasteiger charge is -2.30. The lowest BCUT2D eigenvalue weighted by Crippen LogP contribution is -2.27. The van der Waals surface area contributed by atoms with E-state index in [-0.39, 0.29) is 0 Å². The van der Waals surface area contributed by atoms with Gasteiger partial charge in [0.2, 0.25) is 0 Å². The summed E-state index contributed by atoms with van der Waals surface area (Å²) in [6, 6.07) is 0. The molecule has 30 heavy (non-hydrogen) atoms. The van der Waals surface area contributed by atoms with Gasteiger partial charge < -0.3 is 0 Å². The zero-order chi connectivity index (χ0) is 20.4. The minimum absolute atomic E-state index is 0.859. The SMILES string of the molecule is C(CSC(CSC1CSC1)CSC(CSC1CSC1)CSC1CSC1)SC1CSC1. The maximum Gasteiger partial charge on any atom is 0.0229 e. The summed E-state index contributed by atoms with van der Waals surface area (Å²) < 4.78 is 0. The molecule has 174 valence electrons. The molecule has 0 aromatic carbocycles. The summed E-state index contributed by atoms with van der Waals surface area (Å²) in [4.78, 5) is 0. The van der Waals surface area contributed by atoms with Gasteiger partial charge >= 0.3 is 0 Å². The normalized spacial score (nSPS) is 24.3. The smallest absolute Gasteiger partial charge is 0.0229 e. The summed E-state index contributed by atoms with van der Waals surface area (Å²) in [7, 11) is 0. The Bertz CT molecular complexity index is 447. The van der Waals surface area contributed by atoms with Gasteiger partial charge in [-0.1, -0.05) is 0 Å². The second kappa shape index (κ2) is 15.6. The van der Waals surface area contributed by atoms with Gasteiger partial charge in [-0.25, -0.2) is 0 Å². The molecule has 4 heterocycles. The van der Waals surface area contributed by atoms with Gasteiger partial charge in [0, 0.05) is 112 Å². The van der Waals surface area contributed by atoms with Crippen molar-refractivity contribution >= 4 is 118 Å². The van der Waals surface area contributed by atoms with Crippen molar-refractivity contribution in [1.82, 2.24) is 0 Å². The fourth-order valence-electron chi connectivity index (χ4n) is 2.93. The van der Waals surface area contributed by atoms with Crippen LogP contribution in [0.3, 0.4) is 0 Å². The largest absolute Gasteiger partial charge is 0.160 e. The fourth-order valence-corrected chi connectivity index (χ4v) is 16.7. The molecule has 0 saturated carbocycles. The van der Waals surface area contributed by atoms with E-state index in [1.54, 1.807) is 0 Å². The van der Waals surface area contributed by atoms with E-state index in [1.165, 1.54) is 80.5 Å². The second-order valence-electron chi connectivity index (χ2n) is 7.96. The van der Waals surface area contributed by atoms with Crippen LogP contribution in [0.15, 0.2) is 0 Å². The second-order valence-corrected chi connectivity index (χ2v) is 20.4. The zero-order valence-corrected chi connectivity index (χ0v) is 25.6.